The molecule has 12 heavy (non-hydrogen) atoms. The van der Waals surface area contributed by atoms with E-state index in [1.54, 1.807) is 6.92 Å². The van der Waals surface area contributed by atoms with Crippen LogP contribution in [0.1, 0.15) is 33.6 Å². The topological polar surface area (TPSA) is 37.3 Å². The highest BCUT2D eigenvalue weighted by Gasteiger charge is 2.62. The molecule has 0 aromatic carbocycles. The van der Waals surface area contributed by atoms with E-state index in [0.29, 0.717) is 12.3 Å². The van der Waals surface area contributed by atoms with Gasteiger partial charge in [0.25, 0.3) is 0 Å². The van der Waals surface area contributed by atoms with Crippen LogP contribution in [0.3, 0.4) is 0 Å². The Kier molecular flexibility index (Phi) is 1.32. The fraction of sp³-hybridized carbons (Fsp3) is 0.900. The lowest BCUT2D eigenvalue weighted by atomic mass is 9.44. The Labute approximate surface area is 73.0 Å². The summed E-state index contributed by atoms with van der Waals surface area (Å²) in [7, 11) is 0. The van der Waals surface area contributed by atoms with Crippen molar-refractivity contribution < 1.29 is 9.90 Å². The predicted molar refractivity (Wildman–Crippen MR) is 45.6 cm³/mol. The lowest BCUT2D eigenvalue weighted by Gasteiger charge is -2.61. The second-order valence-corrected chi connectivity index (χ2v) is 5.08. The second-order valence-electron chi connectivity index (χ2n) is 5.08. The number of carbonyl (C=O) groups is 1. The molecule has 0 amide bonds. The Morgan fingerprint density at radius 2 is 2.00 bits per heavy atom. The molecule has 0 spiro atoms. The summed E-state index contributed by atoms with van der Waals surface area (Å²) in [5, 5.41) is 9.94. The van der Waals surface area contributed by atoms with Crippen LogP contribution in [0, 0.1) is 17.3 Å². The summed E-state index contributed by atoms with van der Waals surface area (Å²) in [4.78, 5) is 11.4. The van der Waals surface area contributed by atoms with Crippen molar-refractivity contribution in [3.8, 4) is 0 Å². The van der Waals surface area contributed by atoms with E-state index in [1.807, 2.05) is 0 Å². The lowest BCUT2D eigenvalue weighted by molar-refractivity contribution is -0.196. The maximum Gasteiger partial charge on any atom is 0.164 e. The second kappa shape index (κ2) is 1.92. The highest BCUT2D eigenvalue weighted by Crippen LogP contribution is 2.61. The number of fused-ring (bicyclic) bond motifs is 2. The van der Waals surface area contributed by atoms with Crippen LogP contribution in [0.5, 0.6) is 0 Å². The minimum Gasteiger partial charge on any atom is -0.382 e. The smallest absolute Gasteiger partial charge is 0.164 e. The Morgan fingerprint density at radius 1 is 1.42 bits per heavy atom. The third-order valence-electron chi connectivity index (χ3n) is 4.15. The van der Waals surface area contributed by atoms with Crippen molar-refractivity contribution in [1.82, 2.24) is 0 Å². The highest BCUT2D eigenvalue weighted by molar-refractivity contribution is 5.89. The summed E-state index contributed by atoms with van der Waals surface area (Å²) in [6, 6.07) is 0. The molecule has 0 unspecified atom stereocenters. The standard InChI is InChI=1S/C10H16O2/c1-9(2)6-4-7(9)10(3,12)8(11)5-6/h6-7,12H,4-5H2,1-3H3/t6-,7-,10-/m1/s1. The fourth-order valence-corrected chi connectivity index (χ4v) is 2.94. The summed E-state index contributed by atoms with van der Waals surface area (Å²) < 4.78 is 0. The average molecular weight is 168 g/mol. The van der Waals surface area contributed by atoms with Crippen LogP contribution in [0.4, 0.5) is 0 Å². The minimum atomic E-state index is -1.04. The van der Waals surface area contributed by atoms with Gasteiger partial charge in [-0.05, 0) is 24.7 Å². The predicted octanol–water partition coefficient (Wildman–Crippen LogP) is 1.37. The van der Waals surface area contributed by atoms with Gasteiger partial charge in [0, 0.05) is 12.3 Å². The number of Topliss-reactive ketones (excluding diaryl/α,β-unsaturated/α-hetero) is 1. The van der Waals surface area contributed by atoms with Crippen LogP contribution < -0.4 is 0 Å². The molecule has 3 fully saturated rings. The molecule has 0 aromatic rings. The van der Waals surface area contributed by atoms with Gasteiger partial charge in [0.1, 0.15) is 5.60 Å². The Morgan fingerprint density at radius 3 is 2.33 bits per heavy atom. The number of carbonyl (C=O) groups excluding carboxylic acids is 1. The van der Waals surface area contributed by atoms with Crippen LogP contribution in [0.2, 0.25) is 0 Å². The van der Waals surface area contributed by atoms with Crippen molar-refractivity contribution >= 4 is 5.78 Å². The maximum atomic E-state index is 11.4. The van der Waals surface area contributed by atoms with E-state index in [0.717, 1.165) is 6.42 Å². The van der Waals surface area contributed by atoms with E-state index in [-0.39, 0.29) is 17.1 Å². The molecule has 68 valence electrons. The highest BCUT2D eigenvalue weighted by atomic mass is 16.3. The van der Waals surface area contributed by atoms with Crippen molar-refractivity contribution in [1.29, 1.82) is 0 Å². The number of rotatable bonds is 0. The number of ketones is 1. The Bertz CT molecular complexity index is 240. The summed E-state index contributed by atoms with van der Waals surface area (Å²) in [6.45, 7) is 6.00. The molecule has 3 rings (SSSR count). The van der Waals surface area contributed by atoms with Crippen molar-refractivity contribution in [3.63, 3.8) is 0 Å². The molecule has 3 saturated carbocycles. The van der Waals surface area contributed by atoms with Crippen molar-refractivity contribution in [3.05, 3.63) is 0 Å². The average Bonchev–Trinajstić information content (AvgIpc) is 1.93. The van der Waals surface area contributed by atoms with Gasteiger partial charge in [0.15, 0.2) is 5.78 Å². The van der Waals surface area contributed by atoms with Crippen molar-refractivity contribution in [2.75, 3.05) is 0 Å². The van der Waals surface area contributed by atoms with Crippen molar-refractivity contribution in [2.45, 2.75) is 39.2 Å². The Hall–Kier alpha value is -0.370. The molecule has 0 saturated heterocycles. The minimum absolute atomic E-state index is 0.0445. The molecule has 3 atom stereocenters. The first kappa shape index (κ1) is 8.24. The van der Waals surface area contributed by atoms with E-state index < -0.39 is 5.60 Å². The molecular formula is C10H16O2. The maximum absolute atomic E-state index is 11.4. The van der Waals surface area contributed by atoms with Crippen LogP contribution >= 0.6 is 0 Å². The van der Waals surface area contributed by atoms with E-state index in [9.17, 15) is 9.90 Å². The molecule has 0 aliphatic heterocycles. The largest absolute Gasteiger partial charge is 0.382 e. The summed E-state index contributed by atoms with van der Waals surface area (Å²) in [6.07, 6.45) is 1.61. The molecule has 1 N–H and O–H groups in total. The molecule has 3 aliphatic rings. The molecule has 0 radical (unpaired) electrons. The van der Waals surface area contributed by atoms with E-state index in [4.69, 9.17) is 0 Å². The lowest BCUT2D eigenvalue weighted by Crippen LogP contribution is -2.64. The summed E-state index contributed by atoms with van der Waals surface area (Å²) >= 11 is 0. The zero-order valence-electron chi connectivity index (χ0n) is 7.92. The first-order chi connectivity index (χ1) is 5.37. The van der Waals surface area contributed by atoms with E-state index in [1.165, 1.54) is 0 Å². The first-order valence-corrected chi connectivity index (χ1v) is 4.62. The summed E-state index contributed by atoms with van der Waals surface area (Å²) in [5.41, 5.74) is -0.865. The monoisotopic (exact) mass is 168 g/mol. The normalized spacial score (nSPS) is 50.2. The van der Waals surface area contributed by atoms with E-state index >= 15 is 0 Å². The number of hydrogen-bond acceptors (Lipinski definition) is 2. The summed E-state index contributed by atoms with van der Waals surface area (Å²) in [5.74, 6) is 0.759. The van der Waals surface area contributed by atoms with Gasteiger partial charge >= 0.3 is 0 Å². The van der Waals surface area contributed by atoms with Gasteiger partial charge < -0.3 is 5.11 Å². The third-order valence-corrected chi connectivity index (χ3v) is 4.15. The van der Waals surface area contributed by atoms with Gasteiger partial charge in [-0.1, -0.05) is 13.8 Å². The fourth-order valence-electron chi connectivity index (χ4n) is 2.94. The SMILES string of the molecule is CC1(C)[C@H]2CC(=O)[C@](C)(O)[C@@H]1C2. The molecule has 2 bridgehead atoms. The van der Waals surface area contributed by atoms with Gasteiger partial charge in [0.2, 0.25) is 0 Å². The van der Waals surface area contributed by atoms with Gasteiger partial charge in [0.05, 0.1) is 0 Å². The zero-order valence-corrected chi connectivity index (χ0v) is 7.92. The van der Waals surface area contributed by atoms with Crippen LogP contribution in [0.25, 0.3) is 0 Å². The Balaban J connectivity index is 2.33. The van der Waals surface area contributed by atoms with Crippen LogP contribution in [0.15, 0.2) is 0 Å². The molecule has 2 nitrogen and oxygen atoms in total. The van der Waals surface area contributed by atoms with E-state index in [2.05, 4.69) is 13.8 Å². The molecule has 2 heteroatoms. The number of hydrogen-bond donors (Lipinski definition) is 1. The molecule has 0 heterocycles. The van der Waals surface area contributed by atoms with Gasteiger partial charge in [-0.2, -0.15) is 0 Å². The molecule has 0 aromatic heterocycles. The van der Waals surface area contributed by atoms with Crippen LogP contribution in [-0.4, -0.2) is 16.5 Å². The molecule has 3 aliphatic carbocycles. The first-order valence-electron chi connectivity index (χ1n) is 4.62. The van der Waals surface area contributed by atoms with Gasteiger partial charge in [-0.3, -0.25) is 4.79 Å². The molecular weight excluding hydrogens is 152 g/mol. The van der Waals surface area contributed by atoms with Crippen molar-refractivity contribution in [2.24, 2.45) is 17.3 Å². The third kappa shape index (κ3) is 0.717. The number of aliphatic hydroxyl groups is 1. The quantitative estimate of drug-likeness (QED) is 0.593. The van der Waals surface area contributed by atoms with Crippen LogP contribution in [-0.2, 0) is 4.79 Å². The zero-order chi connectivity index (χ0) is 9.15. The van der Waals surface area contributed by atoms with Gasteiger partial charge in [-0.15, -0.1) is 0 Å². The van der Waals surface area contributed by atoms with Gasteiger partial charge in [-0.25, -0.2) is 0 Å².